The van der Waals surface area contributed by atoms with E-state index in [0.717, 1.165) is 5.65 Å². The van der Waals surface area contributed by atoms with Crippen LogP contribution in [-0.2, 0) is 14.3 Å². The van der Waals surface area contributed by atoms with Crippen molar-refractivity contribution in [3.8, 4) is 0 Å². The van der Waals surface area contributed by atoms with Crippen LogP contribution in [0.2, 0.25) is 0 Å². The number of fused-ring (bicyclic) bond motifs is 6. The van der Waals surface area contributed by atoms with Crippen LogP contribution in [0.3, 0.4) is 0 Å². The van der Waals surface area contributed by atoms with Crippen LogP contribution in [-0.4, -0.2) is 43.6 Å². The molecule has 2 aromatic heterocycles. The van der Waals surface area contributed by atoms with Crippen LogP contribution >= 0.6 is 0 Å². The van der Waals surface area contributed by atoms with Crippen molar-refractivity contribution < 1.29 is 19.4 Å². The molecular formula is C17H17N3O4. The summed E-state index contributed by atoms with van der Waals surface area (Å²) < 4.78 is 7.75. The molecule has 0 saturated carbocycles. The van der Waals surface area contributed by atoms with E-state index in [9.17, 15) is 14.7 Å². The molecule has 3 fully saturated rings. The number of ether oxygens (including phenoxy) is 1. The molecule has 3 aliphatic heterocycles. The SMILES string of the molecule is CC12C[C@@H](O)C(C)(O1)[C@H]1C(=O)N(c3ccc4nccn4c3)C(=O)[C@H]12. The Hall–Kier alpha value is -2.25. The van der Waals surface area contributed by atoms with Crippen molar-refractivity contribution in [3.05, 3.63) is 30.7 Å². The Morgan fingerprint density at radius 3 is 2.79 bits per heavy atom. The monoisotopic (exact) mass is 327 g/mol. The molecule has 124 valence electrons. The van der Waals surface area contributed by atoms with Gasteiger partial charge in [-0.05, 0) is 26.0 Å². The van der Waals surface area contributed by atoms with Gasteiger partial charge in [-0.15, -0.1) is 0 Å². The van der Waals surface area contributed by atoms with Gasteiger partial charge >= 0.3 is 0 Å². The molecule has 7 nitrogen and oxygen atoms in total. The molecule has 1 N–H and O–H groups in total. The lowest BCUT2D eigenvalue weighted by molar-refractivity contribution is -0.132. The number of rotatable bonds is 1. The molecule has 5 rings (SSSR count). The van der Waals surface area contributed by atoms with Crippen molar-refractivity contribution in [2.24, 2.45) is 11.8 Å². The number of imide groups is 1. The van der Waals surface area contributed by atoms with E-state index in [1.54, 1.807) is 42.0 Å². The van der Waals surface area contributed by atoms with Crippen molar-refractivity contribution >= 4 is 23.1 Å². The third-order valence-electron chi connectivity index (χ3n) is 5.93. The lowest BCUT2D eigenvalue weighted by Crippen LogP contribution is -2.49. The second-order valence-corrected chi connectivity index (χ2v) is 7.37. The molecular weight excluding hydrogens is 310 g/mol. The highest BCUT2D eigenvalue weighted by Gasteiger charge is 2.75. The van der Waals surface area contributed by atoms with Crippen LogP contribution in [0.25, 0.3) is 5.65 Å². The average Bonchev–Trinajstić information content (AvgIpc) is 3.19. The zero-order chi connectivity index (χ0) is 16.9. The highest BCUT2D eigenvalue weighted by Crippen LogP contribution is 2.60. The summed E-state index contributed by atoms with van der Waals surface area (Å²) in [5, 5.41) is 10.3. The summed E-state index contributed by atoms with van der Waals surface area (Å²) in [6.45, 7) is 3.56. The molecule has 2 bridgehead atoms. The normalized spacial score (nSPS) is 40.8. The van der Waals surface area contributed by atoms with Gasteiger partial charge in [-0.3, -0.25) is 9.59 Å². The first-order valence-corrected chi connectivity index (χ1v) is 8.04. The number of aromatic nitrogens is 2. The van der Waals surface area contributed by atoms with Crippen LogP contribution in [0, 0.1) is 11.8 Å². The molecule has 3 aliphatic rings. The predicted molar refractivity (Wildman–Crippen MR) is 83.2 cm³/mol. The van der Waals surface area contributed by atoms with Crippen molar-refractivity contribution in [2.75, 3.05) is 4.90 Å². The molecule has 24 heavy (non-hydrogen) atoms. The summed E-state index contributed by atoms with van der Waals surface area (Å²) in [7, 11) is 0. The van der Waals surface area contributed by atoms with Crippen LogP contribution in [0.15, 0.2) is 30.7 Å². The predicted octanol–water partition coefficient (Wildman–Crippen LogP) is 0.752. The summed E-state index contributed by atoms with van der Waals surface area (Å²) >= 11 is 0. The fourth-order valence-corrected chi connectivity index (χ4v) is 4.82. The molecule has 5 atom stereocenters. The molecule has 2 amide bonds. The van der Waals surface area contributed by atoms with E-state index < -0.39 is 29.1 Å². The molecule has 5 heterocycles. The average molecular weight is 327 g/mol. The molecule has 0 aliphatic carbocycles. The van der Waals surface area contributed by atoms with Crippen molar-refractivity contribution in [2.45, 2.75) is 37.6 Å². The maximum atomic E-state index is 13.0. The number of carbonyl (C=O) groups is 2. The van der Waals surface area contributed by atoms with Crippen LogP contribution in [0.4, 0.5) is 5.69 Å². The Balaban J connectivity index is 1.63. The van der Waals surface area contributed by atoms with Gasteiger partial charge in [0.15, 0.2) is 0 Å². The number of hydrogen-bond acceptors (Lipinski definition) is 5. The van der Waals surface area contributed by atoms with Crippen LogP contribution in [0.1, 0.15) is 20.3 Å². The minimum Gasteiger partial charge on any atom is -0.390 e. The quantitative estimate of drug-likeness (QED) is 0.782. The van der Waals surface area contributed by atoms with E-state index in [1.165, 1.54) is 4.90 Å². The standard InChI is InChI=1S/C17H17N3O4/c1-16-7-10(21)17(2,24-16)13-12(16)14(22)20(15(13)23)9-3-4-11-18-5-6-19(11)8-9/h3-6,8,10,12-13,21H,7H2,1-2H3/t10-,12+,13-,16?,17?/m1/s1. The maximum absolute atomic E-state index is 13.0. The van der Waals surface area contributed by atoms with E-state index in [2.05, 4.69) is 4.98 Å². The van der Waals surface area contributed by atoms with E-state index in [-0.39, 0.29) is 11.8 Å². The smallest absolute Gasteiger partial charge is 0.240 e. The van der Waals surface area contributed by atoms with E-state index in [1.807, 2.05) is 6.92 Å². The number of aliphatic hydroxyl groups excluding tert-OH is 1. The Bertz CT molecular complexity index is 908. The Kier molecular flexibility index (Phi) is 2.38. The lowest BCUT2D eigenvalue weighted by Gasteiger charge is -2.31. The van der Waals surface area contributed by atoms with E-state index >= 15 is 0 Å². The first-order valence-electron chi connectivity index (χ1n) is 8.04. The third kappa shape index (κ3) is 1.43. The first-order chi connectivity index (χ1) is 11.3. The lowest BCUT2D eigenvalue weighted by atomic mass is 9.67. The van der Waals surface area contributed by atoms with Gasteiger partial charge in [0.2, 0.25) is 11.8 Å². The fourth-order valence-electron chi connectivity index (χ4n) is 4.82. The second-order valence-electron chi connectivity index (χ2n) is 7.37. The van der Waals surface area contributed by atoms with E-state index in [0.29, 0.717) is 12.1 Å². The van der Waals surface area contributed by atoms with Crippen molar-refractivity contribution in [1.29, 1.82) is 0 Å². The van der Waals surface area contributed by atoms with Gasteiger partial charge in [0, 0.05) is 25.0 Å². The highest BCUT2D eigenvalue weighted by molar-refractivity contribution is 6.23. The number of carbonyl (C=O) groups excluding carboxylic acids is 2. The number of hydrogen-bond donors (Lipinski definition) is 1. The molecule has 0 radical (unpaired) electrons. The van der Waals surface area contributed by atoms with Crippen LogP contribution in [0.5, 0.6) is 0 Å². The van der Waals surface area contributed by atoms with Gasteiger partial charge in [0.05, 0.1) is 29.2 Å². The number of anilines is 1. The Labute approximate surface area is 137 Å². The molecule has 2 unspecified atom stereocenters. The molecule has 7 heteroatoms. The Morgan fingerprint density at radius 1 is 1.25 bits per heavy atom. The zero-order valence-electron chi connectivity index (χ0n) is 13.3. The summed E-state index contributed by atoms with van der Waals surface area (Å²) in [6.07, 6.45) is 4.79. The topological polar surface area (TPSA) is 84.1 Å². The number of nitrogens with zero attached hydrogens (tertiary/aromatic N) is 3. The fraction of sp³-hybridized carbons (Fsp3) is 0.471. The minimum absolute atomic E-state index is 0.248. The minimum atomic E-state index is -1.000. The van der Waals surface area contributed by atoms with Gasteiger partial charge in [-0.1, -0.05) is 0 Å². The molecule has 0 aromatic carbocycles. The third-order valence-corrected chi connectivity index (χ3v) is 5.93. The zero-order valence-corrected chi connectivity index (χ0v) is 13.3. The number of pyridine rings is 1. The number of imidazole rings is 1. The molecule has 2 aromatic rings. The second kappa shape index (κ2) is 4.04. The van der Waals surface area contributed by atoms with Gasteiger partial charge in [-0.25, -0.2) is 9.88 Å². The van der Waals surface area contributed by atoms with Gasteiger partial charge in [0.25, 0.3) is 0 Å². The maximum Gasteiger partial charge on any atom is 0.240 e. The molecule has 3 saturated heterocycles. The van der Waals surface area contributed by atoms with Gasteiger partial charge < -0.3 is 14.2 Å². The first kappa shape index (κ1) is 14.1. The van der Waals surface area contributed by atoms with Crippen molar-refractivity contribution in [3.63, 3.8) is 0 Å². The largest absolute Gasteiger partial charge is 0.390 e. The van der Waals surface area contributed by atoms with Gasteiger partial charge in [-0.2, -0.15) is 0 Å². The van der Waals surface area contributed by atoms with Crippen molar-refractivity contribution in [1.82, 2.24) is 9.38 Å². The summed E-state index contributed by atoms with van der Waals surface area (Å²) in [4.78, 5) is 31.5. The van der Waals surface area contributed by atoms with Gasteiger partial charge in [0.1, 0.15) is 11.2 Å². The Morgan fingerprint density at radius 2 is 2.00 bits per heavy atom. The van der Waals surface area contributed by atoms with E-state index in [4.69, 9.17) is 4.74 Å². The summed E-state index contributed by atoms with van der Waals surface area (Å²) in [5.74, 6) is -1.73. The highest BCUT2D eigenvalue weighted by atomic mass is 16.6. The molecule has 0 spiro atoms. The summed E-state index contributed by atoms with van der Waals surface area (Å²) in [6, 6.07) is 3.50. The number of amides is 2. The van der Waals surface area contributed by atoms with Crippen LogP contribution < -0.4 is 4.90 Å². The summed E-state index contributed by atoms with van der Waals surface area (Å²) in [5.41, 5.74) is -0.527. The number of aliphatic hydroxyl groups is 1.